The number of benzene rings is 2. The first kappa shape index (κ1) is 19.9. The Kier molecular flexibility index (Phi) is 6.14. The summed E-state index contributed by atoms with van der Waals surface area (Å²) in [4.78, 5) is 19.9. The van der Waals surface area contributed by atoms with Gasteiger partial charge in [0.05, 0.1) is 10.2 Å². The second kappa shape index (κ2) is 8.95. The van der Waals surface area contributed by atoms with Gasteiger partial charge in [-0.15, -0.1) is 0 Å². The molecule has 1 aliphatic heterocycles. The summed E-state index contributed by atoms with van der Waals surface area (Å²) in [6.07, 6.45) is 4.35. The summed E-state index contributed by atoms with van der Waals surface area (Å²) < 4.78 is 1.09. The lowest BCUT2D eigenvalue weighted by atomic mass is 10.00. The molecule has 0 aliphatic carbocycles. The number of thiazole rings is 1. The van der Waals surface area contributed by atoms with Crippen LogP contribution in [0.1, 0.15) is 49.0 Å². The lowest BCUT2D eigenvalue weighted by Gasteiger charge is -2.29. The fourth-order valence-electron chi connectivity index (χ4n) is 3.80. The van der Waals surface area contributed by atoms with Gasteiger partial charge in [0.15, 0.2) is 5.13 Å². The Morgan fingerprint density at radius 2 is 1.97 bits per heavy atom. The number of hydrogen-bond donors (Lipinski definition) is 1. The molecule has 0 spiro atoms. The molecule has 1 amide bonds. The number of rotatable bonds is 6. The number of amides is 1. The van der Waals surface area contributed by atoms with Crippen molar-refractivity contribution < 1.29 is 4.79 Å². The average Bonchev–Trinajstić information content (AvgIpc) is 3.17. The van der Waals surface area contributed by atoms with E-state index in [1.165, 1.54) is 18.4 Å². The Morgan fingerprint density at radius 1 is 1.21 bits per heavy atom. The van der Waals surface area contributed by atoms with Crippen molar-refractivity contribution in [2.45, 2.75) is 45.6 Å². The topological polar surface area (TPSA) is 45.2 Å². The molecule has 1 aromatic heterocycles. The van der Waals surface area contributed by atoms with Gasteiger partial charge in [-0.1, -0.05) is 48.6 Å². The number of carbonyl (C=O) groups excluding carboxylic acids is 1. The molecular formula is C24H29N3OS. The third-order valence-corrected chi connectivity index (χ3v) is 6.86. The van der Waals surface area contributed by atoms with Gasteiger partial charge < -0.3 is 10.2 Å². The third kappa shape index (κ3) is 4.96. The predicted molar refractivity (Wildman–Crippen MR) is 122 cm³/mol. The average molecular weight is 408 g/mol. The first-order valence-electron chi connectivity index (χ1n) is 10.6. The van der Waals surface area contributed by atoms with Gasteiger partial charge in [0.1, 0.15) is 0 Å². The smallest absolute Gasteiger partial charge is 0.251 e. The predicted octanol–water partition coefficient (Wildman–Crippen LogP) is 5.28. The van der Waals surface area contributed by atoms with E-state index >= 15 is 0 Å². The monoisotopic (exact) mass is 407 g/mol. The van der Waals surface area contributed by atoms with Gasteiger partial charge in [-0.3, -0.25) is 4.79 Å². The Labute approximate surface area is 177 Å². The second-order valence-electron chi connectivity index (χ2n) is 8.25. The first-order chi connectivity index (χ1) is 14.1. The molecular weight excluding hydrogens is 378 g/mol. The number of anilines is 1. The highest BCUT2D eigenvalue weighted by Gasteiger charge is 2.19. The second-order valence-corrected chi connectivity index (χ2v) is 9.26. The highest BCUT2D eigenvalue weighted by Crippen LogP contribution is 2.32. The van der Waals surface area contributed by atoms with Crippen LogP contribution in [-0.4, -0.2) is 30.0 Å². The number of carbonyl (C=O) groups is 1. The van der Waals surface area contributed by atoms with Crippen LogP contribution in [0.4, 0.5) is 5.13 Å². The maximum Gasteiger partial charge on any atom is 0.251 e. The van der Waals surface area contributed by atoms with Gasteiger partial charge >= 0.3 is 0 Å². The van der Waals surface area contributed by atoms with E-state index in [2.05, 4.69) is 48.3 Å². The lowest BCUT2D eigenvalue weighted by Crippen LogP contribution is -2.32. The number of fused-ring (bicyclic) bond motifs is 1. The maximum absolute atomic E-state index is 12.7. The molecule has 2 aromatic carbocycles. The van der Waals surface area contributed by atoms with E-state index in [1.54, 1.807) is 11.3 Å². The molecule has 4 rings (SSSR count). The number of hydrogen-bond acceptors (Lipinski definition) is 4. The van der Waals surface area contributed by atoms with E-state index in [9.17, 15) is 4.79 Å². The molecule has 3 aromatic rings. The van der Waals surface area contributed by atoms with E-state index in [-0.39, 0.29) is 11.9 Å². The van der Waals surface area contributed by atoms with Crippen molar-refractivity contribution in [2.24, 2.45) is 5.92 Å². The Hall–Kier alpha value is -2.40. The number of aromatic nitrogens is 1. The lowest BCUT2D eigenvalue weighted by molar-refractivity contribution is 0.0938. The van der Waals surface area contributed by atoms with Gasteiger partial charge in [-0.2, -0.15) is 0 Å². The Bertz CT molecular complexity index is 961. The zero-order valence-corrected chi connectivity index (χ0v) is 18.0. The zero-order valence-electron chi connectivity index (χ0n) is 17.2. The summed E-state index contributed by atoms with van der Waals surface area (Å²) in [6, 6.07) is 16.4. The van der Waals surface area contributed by atoms with Crippen LogP contribution < -0.4 is 10.2 Å². The Balaban J connectivity index is 1.38. The molecule has 4 nitrogen and oxygen atoms in total. The maximum atomic E-state index is 12.7. The van der Waals surface area contributed by atoms with Crippen molar-refractivity contribution in [1.29, 1.82) is 0 Å². The van der Waals surface area contributed by atoms with Crippen LogP contribution in [0.25, 0.3) is 10.2 Å². The molecule has 1 fully saturated rings. The summed E-state index contributed by atoms with van der Waals surface area (Å²) in [7, 11) is 0. The molecule has 0 radical (unpaired) electrons. The number of nitrogens with zero attached hydrogens (tertiary/aromatic N) is 2. The van der Waals surface area contributed by atoms with Gasteiger partial charge in [0.25, 0.3) is 5.91 Å². The summed E-state index contributed by atoms with van der Waals surface area (Å²) in [5, 5.41) is 4.22. The molecule has 0 bridgehead atoms. The standard InChI is InChI=1S/C24H29N3OS/c1-17-12-14-27(15-13-17)24-26-21-11-10-20(16-22(21)29-24)23(28)25-18(2)8-9-19-6-4-3-5-7-19/h3-7,10-11,16-18H,8-9,12-15H2,1-2H3,(H,25,28)/t18-/m1/s1. The first-order valence-corrected chi connectivity index (χ1v) is 11.4. The summed E-state index contributed by atoms with van der Waals surface area (Å²) in [5.74, 6) is 0.800. The van der Waals surface area contributed by atoms with Crippen LogP contribution >= 0.6 is 11.3 Å². The number of piperidine rings is 1. The number of aryl methyl sites for hydroxylation is 1. The van der Waals surface area contributed by atoms with Crippen LogP contribution in [0.2, 0.25) is 0 Å². The van der Waals surface area contributed by atoms with Crippen molar-refractivity contribution in [2.75, 3.05) is 18.0 Å². The quantitative estimate of drug-likeness (QED) is 0.604. The summed E-state index contributed by atoms with van der Waals surface area (Å²) in [6.45, 7) is 6.55. The fraction of sp³-hybridized carbons (Fsp3) is 0.417. The molecule has 29 heavy (non-hydrogen) atoms. The molecule has 152 valence electrons. The SMILES string of the molecule is CC1CCN(c2nc3ccc(C(=O)N[C@H](C)CCc4ccccc4)cc3s2)CC1. The number of nitrogens with one attached hydrogen (secondary N) is 1. The summed E-state index contributed by atoms with van der Waals surface area (Å²) in [5.41, 5.74) is 3.00. The van der Waals surface area contributed by atoms with Crippen molar-refractivity contribution in [3.63, 3.8) is 0 Å². The molecule has 5 heteroatoms. The normalized spacial score (nSPS) is 16.1. The highest BCUT2D eigenvalue weighted by molar-refractivity contribution is 7.22. The van der Waals surface area contributed by atoms with Crippen LogP contribution in [0.5, 0.6) is 0 Å². The van der Waals surface area contributed by atoms with E-state index in [0.29, 0.717) is 5.56 Å². The molecule has 1 N–H and O–H groups in total. The molecule has 1 atom stereocenters. The minimum Gasteiger partial charge on any atom is -0.350 e. The largest absolute Gasteiger partial charge is 0.350 e. The van der Waals surface area contributed by atoms with Gasteiger partial charge in [0.2, 0.25) is 0 Å². The van der Waals surface area contributed by atoms with Crippen molar-refractivity contribution in [3.8, 4) is 0 Å². The van der Waals surface area contributed by atoms with E-state index in [0.717, 1.165) is 47.2 Å². The minimum atomic E-state index is -0.00536. The van der Waals surface area contributed by atoms with Crippen LogP contribution in [-0.2, 0) is 6.42 Å². The van der Waals surface area contributed by atoms with Crippen molar-refractivity contribution >= 4 is 32.6 Å². The molecule has 0 unspecified atom stereocenters. The molecule has 1 saturated heterocycles. The highest BCUT2D eigenvalue weighted by atomic mass is 32.1. The van der Waals surface area contributed by atoms with Crippen LogP contribution in [0.3, 0.4) is 0 Å². The van der Waals surface area contributed by atoms with Crippen molar-refractivity contribution in [1.82, 2.24) is 10.3 Å². The third-order valence-electron chi connectivity index (χ3n) is 5.78. The zero-order chi connectivity index (χ0) is 20.2. The van der Waals surface area contributed by atoms with Gasteiger partial charge in [-0.25, -0.2) is 4.98 Å². The van der Waals surface area contributed by atoms with E-state index in [1.807, 2.05) is 24.3 Å². The van der Waals surface area contributed by atoms with Gasteiger partial charge in [-0.05, 0) is 62.3 Å². The minimum absolute atomic E-state index is 0.00536. The summed E-state index contributed by atoms with van der Waals surface area (Å²) >= 11 is 1.70. The van der Waals surface area contributed by atoms with Gasteiger partial charge in [0, 0.05) is 24.7 Å². The molecule has 2 heterocycles. The Morgan fingerprint density at radius 3 is 2.72 bits per heavy atom. The van der Waals surface area contributed by atoms with Crippen LogP contribution in [0.15, 0.2) is 48.5 Å². The van der Waals surface area contributed by atoms with Crippen LogP contribution in [0, 0.1) is 5.92 Å². The van der Waals surface area contributed by atoms with Crippen molar-refractivity contribution in [3.05, 3.63) is 59.7 Å². The van der Waals surface area contributed by atoms with E-state index < -0.39 is 0 Å². The fourth-order valence-corrected chi connectivity index (χ4v) is 4.85. The molecule has 0 saturated carbocycles. The van der Waals surface area contributed by atoms with E-state index in [4.69, 9.17) is 4.98 Å². The molecule has 1 aliphatic rings.